The van der Waals surface area contributed by atoms with Crippen LogP contribution < -0.4 is 5.32 Å². The zero-order valence-electron chi connectivity index (χ0n) is 18.8. The molecule has 0 bridgehead atoms. The first-order valence-corrected chi connectivity index (χ1v) is 11.3. The summed E-state index contributed by atoms with van der Waals surface area (Å²) in [5.74, 6) is 0.519. The number of imidazole rings is 1. The van der Waals surface area contributed by atoms with Gasteiger partial charge in [-0.2, -0.15) is 0 Å². The van der Waals surface area contributed by atoms with Gasteiger partial charge in [-0.15, -0.1) is 0 Å². The highest BCUT2D eigenvalue weighted by atomic mass is 16.6. The highest BCUT2D eigenvalue weighted by Gasteiger charge is 2.44. The highest BCUT2D eigenvalue weighted by Crippen LogP contribution is 2.46. The Hall–Kier alpha value is -4.19. The molecule has 0 saturated heterocycles. The molecule has 0 unspecified atom stereocenters. The lowest BCUT2D eigenvalue weighted by Crippen LogP contribution is -2.17. The molecule has 1 atom stereocenters. The number of nitrogens with zero attached hydrogens (tertiary/aromatic N) is 2. The number of hydrogen-bond acceptors (Lipinski definition) is 4. The summed E-state index contributed by atoms with van der Waals surface area (Å²) < 4.78 is 7.30. The van der Waals surface area contributed by atoms with E-state index >= 15 is 0 Å². The maximum atomic E-state index is 12.4. The van der Waals surface area contributed by atoms with E-state index in [1.807, 2.05) is 73.7 Å². The zero-order chi connectivity index (χ0) is 23.5. The largest absolute Gasteiger partial charge is 0.441 e. The fourth-order valence-corrected chi connectivity index (χ4v) is 4.10. The molecule has 1 aromatic heterocycles. The van der Waals surface area contributed by atoms with Crippen molar-refractivity contribution in [1.82, 2.24) is 9.55 Å². The van der Waals surface area contributed by atoms with Crippen molar-refractivity contribution in [3.05, 3.63) is 103 Å². The first kappa shape index (κ1) is 21.6. The van der Waals surface area contributed by atoms with Crippen LogP contribution in [0.15, 0.2) is 91.4 Å². The fourth-order valence-electron chi connectivity index (χ4n) is 4.10. The Balaban J connectivity index is 1.27. The Labute approximate surface area is 198 Å². The summed E-state index contributed by atoms with van der Waals surface area (Å²) in [5, 5.41) is 2.78. The van der Waals surface area contributed by atoms with E-state index in [0.717, 1.165) is 47.1 Å². The highest BCUT2D eigenvalue weighted by molar-refractivity contribution is 5.84. The number of nitrogens with one attached hydrogen (secondary N) is 1. The second kappa shape index (κ2) is 8.98. The quantitative estimate of drug-likeness (QED) is 0.346. The Bertz CT molecular complexity index is 1290. The second-order valence-electron chi connectivity index (χ2n) is 8.63. The zero-order valence-corrected chi connectivity index (χ0v) is 18.8. The molecule has 34 heavy (non-hydrogen) atoms. The molecule has 1 N–H and O–H groups in total. The molecule has 0 spiro atoms. The third-order valence-electron chi connectivity index (χ3n) is 6.37. The van der Waals surface area contributed by atoms with E-state index < -0.39 is 6.09 Å². The van der Waals surface area contributed by atoms with Gasteiger partial charge in [-0.25, -0.2) is 9.78 Å². The number of amides is 1. The number of rotatable bonds is 7. The average Bonchev–Trinajstić information content (AvgIpc) is 3.56. The maximum Gasteiger partial charge on any atom is 0.413 e. The van der Waals surface area contributed by atoms with Crippen molar-refractivity contribution < 1.29 is 14.3 Å². The lowest BCUT2D eigenvalue weighted by Gasteiger charge is -2.15. The first-order valence-electron chi connectivity index (χ1n) is 11.3. The molecule has 1 amide bonds. The van der Waals surface area contributed by atoms with Gasteiger partial charge in [0.1, 0.15) is 24.5 Å². The molecule has 4 aromatic rings. The third kappa shape index (κ3) is 4.35. The van der Waals surface area contributed by atoms with Gasteiger partial charge in [0.2, 0.25) is 0 Å². The van der Waals surface area contributed by atoms with Crippen LogP contribution in [0.2, 0.25) is 0 Å². The minimum absolute atomic E-state index is 0.257. The van der Waals surface area contributed by atoms with Gasteiger partial charge >= 0.3 is 6.09 Å². The molecule has 170 valence electrons. The number of hydrogen-bond donors (Lipinski definition) is 1. The van der Waals surface area contributed by atoms with Crippen molar-refractivity contribution in [1.29, 1.82) is 0 Å². The molecule has 0 aliphatic heterocycles. The molecule has 1 heterocycles. The van der Waals surface area contributed by atoms with Crippen LogP contribution in [0, 0.1) is 0 Å². The monoisotopic (exact) mass is 451 g/mol. The van der Waals surface area contributed by atoms with E-state index in [1.54, 1.807) is 17.1 Å². The number of benzene rings is 3. The van der Waals surface area contributed by atoms with Crippen molar-refractivity contribution >= 4 is 18.2 Å². The minimum atomic E-state index is -0.543. The van der Waals surface area contributed by atoms with Crippen molar-refractivity contribution in [3.63, 3.8) is 0 Å². The van der Waals surface area contributed by atoms with Crippen LogP contribution in [-0.4, -0.2) is 21.9 Å². The molecular formula is C28H25N3O3. The molecule has 1 aliphatic carbocycles. The van der Waals surface area contributed by atoms with E-state index in [4.69, 9.17) is 4.74 Å². The molecular weight excluding hydrogens is 426 g/mol. The van der Waals surface area contributed by atoms with Crippen LogP contribution in [-0.2, 0) is 14.9 Å². The van der Waals surface area contributed by atoms with Crippen LogP contribution in [0.25, 0.3) is 16.8 Å². The standard InChI is InChI=1S/C28H25N3O3/c1-20(21-5-3-2-4-6-21)34-27(33)30-26-17-29-19-31(26)25-13-9-23(10-14-25)22-7-11-24(12-8-22)28(18-32)15-16-28/h2-14,17-20H,15-16H2,1H3,(H,30,33)/t20-/m1/s1. The number of aromatic nitrogens is 2. The number of ether oxygens (including phenoxy) is 1. The van der Waals surface area contributed by atoms with Gasteiger partial charge < -0.3 is 9.53 Å². The SMILES string of the molecule is C[C@@H](OC(=O)Nc1cncn1-c1ccc(-c2ccc(C3(C=O)CC3)cc2)cc1)c1ccccc1. The molecule has 6 heteroatoms. The van der Waals surface area contributed by atoms with Crippen LogP contribution in [0.3, 0.4) is 0 Å². The molecule has 6 nitrogen and oxygen atoms in total. The van der Waals surface area contributed by atoms with Crippen molar-refractivity contribution in [2.24, 2.45) is 0 Å². The Morgan fingerprint density at radius 2 is 1.65 bits per heavy atom. The Morgan fingerprint density at radius 1 is 1.00 bits per heavy atom. The number of aldehydes is 1. The van der Waals surface area contributed by atoms with Gasteiger partial charge in [0.15, 0.2) is 0 Å². The predicted molar refractivity (Wildman–Crippen MR) is 131 cm³/mol. The normalized spacial score (nSPS) is 14.7. The summed E-state index contributed by atoms with van der Waals surface area (Å²) in [5.41, 5.74) is 4.77. The smallest absolute Gasteiger partial charge is 0.413 e. The van der Waals surface area contributed by atoms with Crippen molar-refractivity contribution in [2.75, 3.05) is 5.32 Å². The van der Waals surface area contributed by atoms with Crippen LogP contribution in [0.5, 0.6) is 0 Å². The lowest BCUT2D eigenvalue weighted by atomic mass is 9.95. The van der Waals surface area contributed by atoms with Crippen molar-refractivity contribution in [3.8, 4) is 16.8 Å². The van der Waals surface area contributed by atoms with Gasteiger partial charge in [-0.05, 0) is 54.2 Å². The van der Waals surface area contributed by atoms with E-state index in [2.05, 4.69) is 22.4 Å². The summed E-state index contributed by atoms with van der Waals surface area (Å²) >= 11 is 0. The summed E-state index contributed by atoms with van der Waals surface area (Å²) in [4.78, 5) is 28.0. The van der Waals surface area contributed by atoms with Crippen LogP contribution >= 0.6 is 0 Å². The Morgan fingerprint density at radius 3 is 2.26 bits per heavy atom. The molecule has 1 saturated carbocycles. The summed E-state index contributed by atoms with van der Waals surface area (Å²) in [6.45, 7) is 1.83. The number of carbonyl (C=O) groups excluding carboxylic acids is 2. The van der Waals surface area contributed by atoms with Crippen molar-refractivity contribution in [2.45, 2.75) is 31.3 Å². The van der Waals surface area contributed by atoms with E-state index in [9.17, 15) is 9.59 Å². The second-order valence-corrected chi connectivity index (χ2v) is 8.63. The number of carbonyl (C=O) groups is 2. The van der Waals surface area contributed by atoms with Gasteiger partial charge in [0.05, 0.1) is 11.6 Å². The predicted octanol–water partition coefficient (Wildman–Crippen LogP) is 6.08. The lowest BCUT2D eigenvalue weighted by molar-refractivity contribution is -0.109. The third-order valence-corrected chi connectivity index (χ3v) is 6.37. The van der Waals surface area contributed by atoms with Gasteiger partial charge in [0, 0.05) is 5.69 Å². The van der Waals surface area contributed by atoms with Crippen LogP contribution in [0.4, 0.5) is 10.6 Å². The molecule has 1 aliphatic rings. The average molecular weight is 452 g/mol. The summed E-state index contributed by atoms with van der Waals surface area (Å²) in [6, 6.07) is 25.8. The molecule has 1 fully saturated rings. The van der Waals surface area contributed by atoms with Gasteiger partial charge in [-0.3, -0.25) is 9.88 Å². The van der Waals surface area contributed by atoms with Gasteiger partial charge in [-0.1, -0.05) is 66.7 Å². The summed E-state index contributed by atoms with van der Waals surface area (Å²) in [6.07, 6.45) is 5.26. The molecule has 3 aromatic carbocycles. The fraction of sp³-hybridized carbons (Fsp3) is 0.179. The first-order chi connectivity index (χ1) is 16.6. The van der Waals surface area contributed by atoms with E-state index in [0.29, 0.717) is 5.82 Å². The van der Waals surface area contributed by atoms with Gasteiger partial charge in [0.25, 0.3) is 0 Å². The van der Waals surface area contributed by atoms with Crippen LogP contribution in [0.1, 0.15) is 37.0 Å². The van der Waals surface area contributed by atoms with E-state index in [-0.39, 0.29) is 11.5 Å². The molecule has 0 radical (unpaired) electrons. The Kier molecular flexibility index (Phi) is 5.72. The maximum absolute atomic E-state index is 12.4. The minimum Gasteiger partial charge on any atom is -0.441 e. The van der Waals surface area contributed by atoms with E-state index in [1.165, 1.54) is 0 Å². The topological polar surface area (TPSA) is 73.2 Å². The number of anilines is 1. The summed E-state index contributed by atoms with van der Waals surface area (Å²) in [7, 11) is 0. The molecule has 5 rings (SSSR count).